The first-order chi connectivity index (χ1) is 19.9. The first kappa shape index (κ1) is 33.5. The Morgan fingerprint density at radius 1 is 0.930 bits per heavy atom. The molecular weight excluding hydrogens is 595 g/mol. The first-order valence-corrected chi connectivity index (χ1v) is 14.4. The van der Waals surface area contributed by atoms with Gasteiger partial charge in [0.25, 0.3) is 6.10 Å². The number of carbonyl (C=O) groups excluding carboxylic acids is 1. The highest BCUT2D eigenvalue weighted by atomic mass is 19.4. The molecule has 0 bridgehead atoms. The molecule has 6 nitrogen and oxygen atoms in total. The summed E-state index contributed by atoms with van der Waals surface area (Å²) in [5, 5.41) is 0. The molecule has 3 saturated heterocycles. The average molecular weight is 633 g/mol. The normalized spacial score (nSPS) is 21.2. The van der Waals surface area contributed by atoms with Crippen molar-refractivity contribution < 1.29 is 49.0 Å². The number of anilines is 1. The van der Waals surface area contributed by atoms with Crippen LogP contribution in [0, 0.1) is 0 Å². The Bertz CT molecular complexity index is 1090. The number of alkyl halides is 9. The van der Waals surface area contributed by atoms with Gasteiger partial charge in [0.15, 0.2) is 0 Å². The summed E-state index contributed by atoms with van der Waals surface area (Å²) >= 11 is 0. The molecule has 0 atom stereocenters. The fourth-order valence-electron chi connectivity index (χ4n) is 6.24. The minimum absolute atomic E-state index is 0.147. The molecule has 0 unspecified atom stereocenters. The van der Waals surface area contributed by atoms with Crippen LogP contribution in [-0.2, 0) is 17.5 Å². The second-order valence-corrected chi connectivity index (χ2v) is 12.0. The summed E-state index contributed by atoms with van der Waals surface area (Å²) in [5.74, 6) is 0. The van der Waals surface area contributed by atoms with Crippen molar-refractivity contribution >= 4 is 11.8 Å². The smallest absolute Gasteiger partial charge is 0.426 e. The van der Waals surface area contributed by atoms with Crippen LogP contribution in [0.15, 0.2) is 18.2 Å². The zero-order chi connectivity index (χ0) is 31.8. The van der Waals surface area contributed by atoms with Gasteiger partial charge in [0.1, 0.15) is 0 Å². The van der Waals surface area contributed by atoms with Gasteiger partial charge < -0.3 is 19.4 Å². The van der Waals surface area contributed by atoms with Crippen molar-refractivity contribution in [1.82, 2.24) is 14.7 Å². The fourth-order valence-corrected chi connectivity index (χ4v) is 6.24. The van der Waals surface area contributed by atoms with E-state index in [0.29, 0.717) is 30.4 Å². The van der Waals surface area contributed by atoms with Crippen molar-refractivity contribution in [2.75, 3.05) is 51.2 Å². The lowest BCUT2D eigenvalue weighted by molar-refractivity contribution is -0.308. The lowest BCUT2D eigenvalue weighted by atomic mass is 9.87. The third-order valence-electron chi connectivity index (χ3n) is 9.12. The van der Waals surface area contributed by atoms with Crippen molar-refractivity contribution in [3.63, 3.8) is 0 Å². The van der Waals surface area contributed by atoms with Gasteiger partial charge >= 0.3 is 24.6 Å². The van der Waals surface area contributed by atoms with E-state index in [1.54, 1.807) is 7.05 Å². The largest absolute Gasteiger partial charge is 0.434 e. The topological polar surface area (TPSA) is 39.3 Å². The van der Waals surface area contributed by atoms with Gasteiger partial charge in [0.05, 0.1) is 5.56 Å². The molecule has 0 saturated carbocycles. The molecule has 3 fully saturated rings. The number of piperidine rings is 2. The summed E-state index contributed by atoms with van der Waals surface area (Å²) in [6.45, 7) is 5.12. The van der Waals surface area contributed by atoms with Crippen LogP contribution in [0.25, 0.3) is 0 Å². The zero-order valence-electron chi connectivity index (χ0n) is 24.1. The van der Waals surface area contributed by atoms with Crippen molar-refractivity contribution in [3.8, 4) is 0 Å². The quantitative estimate of drug-likeness (QED) is 0.327. The summed E-state index contributed by atoms with van der Waals surface area (Å²) in [6, 6.07) is 4.10. The molecular formula is C28H37F9N4O2. The van der Waals surface area contributed by atoms with E-state index in [9.17, 15) is 44.3 Å². The summed E-state index contributed by atoms with van der Waals surface area (Å²) in [5.41, 5.74) is -0.204. The second kappa shape index (κ2) is 12.5. The van der Waals surface area contributed by atoms with E-state index in [1.165, 1.54) is 12.1 Å². The maximum Gasteiger partial charge on any atom is 0.434 e. The molecule has 43 heavy (non-hydrogen) atoms. The monoisotopic (exact) mass is 632 g/mol. The molecule has 0 N–H and O–H groups in total. The van der Waals surface area contributed by atoms with Crippen LogP contribution in [-0.4, -0.2) is 97.1 Å². The lowest BCUT2D eigenvalue weighted by Crippen LogP contribution is -2.54. The van der Waals surface area contributed by atoms with E-state index in [4.69, 9.17) is 0 Å². The molecule has 0 aromatic heterocycles. The summed E-state index contributed by atoms with van der Waals surface area (Å²) in [6.07, 6.45) is -17.6. The predicted molar refractivity (Wildman–Crippen MR) is 141 cm³/mol. The van der Waals surface area contributed by atoms with Crippen LogP contribution >= 0.6 is 0 Å². The molecule has 0 radical (unpaired) electrons. The Morgan fingerprint density at radius 3 is 2.00 bits per heavy atom. The Morgan fingerprint density at radius 2 is 1.49 bits per heavy atom. The second-order valence-electron chi connectivity index (χ2n) is 12.0. The highest BCUT2D eigenvalue weighted by Crippen LogP contribution is 2.39. The van der Waals surface area contributed by atoms with Crippen LogP contribution in [0.4, 0.5) is 50.0 Å². The van der Waals surface area contributed by atoms with Crippen molar-refractivity contribution in [2.45, 2.75) is 88.2 Å². The molecule has 3 aliphatic heterocycles. The minimum Gasteiger partial charge on any atom is -0.426 e. The molecule has 3 aliphatic rings. The van der Waals surface area contributed by atoms with Gasteiger partial charge in [-0.15, -0.1) is 0 Å². The first-order valence-electron chi connectivity index (χ1n) is 14.4. The number of hydrogen-bond acceptors (Lipinski definition) is 5. The van der Waals surface area contributed by atoms with Gasteiger partial charge in [-0.3, -0.25) is 4.90 Å². The standard InChI is InChI=1S/C28H37F9N4O2/c1-25(9-15-41(16-10-25)24(42)43-23(27(32,33)34)28(35,36)37)38(2)18-19-5-6-20(26(29,30)31)17-22(19)40-13-7-21(8-14-40)39-11-3-4-12-39/h5-6,17,21,23H,3-4,7-16,18H2,1-2H3. The van der Waals surface area contributed by atoms with Crippen molar-refractivity contribution in [1.29, 1.82) is 0 Å². The maximum absolute atomic E-state index is 13.7. The molecule has 15 heteroatoms. The third-order valence-corrected chi connectivity index (χ3v) is 9.12. The van der Waals surface area contributed by atoms with E-state index in [1.807, 2.05) is 16.7 Å². The molecule has 0 aliphatic carbocycles. The number of hydrogen-bond donors (Lipinski definition) is 0. The molecule has 244 valence electrons. The summed E-state index contributed by atoms with van der Waals surface area (Å²) < 4.78 is 122. The number of amides is 1. The van der Waals surface area contributed by atoms with Crippen molar-refractivity contribution in [3.05, 3.63) is 29.3 Å². The molecule has 1 amide bonds. The van der Waals surface area contributed by atoms with E-state index in [0.717, 1.165) is 49.7 Å². The number of likely N-dealkylation sites (tertiary alicyclic amines) is 2. The van der Waals surface area contributed by atoms with Crippen molar-refractivity contribution in [2.24, 2.45) is 0 Å². The Labute approximate surface area is 244 Å². The molecule has 1 aromatic carbocycles. The molecule has 3 heterocycles. The third kappa shape index (κ3) is 8.00. The van der Waals surface area contributed by atoms with Gasteiger partial charge in [-0.2, -0.15) is 39.5 Å². The van der Waals surface area contributed by atoms with Gasteiger partial charge in [0, 0.05) is 50.0 Å². The van der Waals surface area contributed by atoms with E-state index >= 15 is 0 Å². The summed E-state index contributed by atoms with van der Waals surface area (Å²) in [4.78, 5) is 19.4. The lowest BCUT2D eigenvalue weighted by Gasteiger charge is -2.45. The number of nitrogens with zero attached hydrogens (tertiary/aromatic N) is 4. The van der Waals surface area contributed by atoms with Gasteiger partial charge in [-0.05, 0) is 83.3 Å². The number of ether oxygens (including phenoxy) is 1. The maximum atomic E-state index is 13.7. The highest BCUT2D eigenvalue weighted by Gasteiger charge is 2.60. The average Bonchev–Trinajstić information content (AvgIpc) is 3.45. The molecule has 0 spiro atoms. The van der Waals surface area contributed by atoms with Crippen LogP contribution in [0.2, 0.25) is 0 Å². The van der Waals surface area contributed by atoms with E-state index in [-0.39, 0.29) is 32.5 Å². The molecule has 1 aromatic rings. The Hall–Kier alpha value is -2.42. The number of benzene rings is 1. The minimum atomic E-state index is -5.80. The Kier molecular flexibility index (Phi) is 9.75. The number of halogens is 9. The van der Waals surface area contributed by atoms with Crippen LogP contribution in [0.3, 0.4) is 0 Å². The fraction of sp³-hybridized carbons (Fsp3) is 0.750. The molecule has 4 rings (SSSR count). The van der Waals surface area contributed by atoms with Crippen LogP contribution in [0.1, 0.15) is 56.6 Å². The zero-order valence-corrected chi connectivity index (χ0v) is 24.1. The van der Waals surface area contributed by atoms with E-state index < -0.39 is 41.8 Å². The van der Waals surface area contributed by atoms with E-state index in [2.05, 4.69) is 9.64 Å². The predicted octanol–water partition coefficient (Wildman–Crippen LogP) is 6.69. The SMILES string of the molecule is CN(Cc1ccc(C(F)(F)F)cc1N1CCC(N2CCCC2)CC1)C1(C)CCN(C(=O)OC(C(F)(F)F)C(F)(F)F)CC1. The van der Waals surface area contributed by atoms with Gasteiger partial charge in [-0.1, -0.05) is 6.07 Å². The highest BCUT2D eigenvalue weighted by molar-refractivity contribution is 5.68. The number of rotatable bonds is 6. The summed E-state index contributed by atoms with van der Waals surface area (Å²) in [7, 11) is 1.76. The Balaban J connectivity index is 1.43. The van der Waals surface area contributed by atoms with Gasteiger partial charge in [0.2, 0.25) is 0 Å². The van der Waals surface area contributed by atoms with Crippen LogP contribution in [0.5, 0.6) is 0 Å². The van der Waals surface area contributed by atoms with Crippen LogP contribution < -0.4 is 4.90 Å². The number of carbonyl (C=O) groups is 1. The van der Waals surface area contributed by atoms with Gasteiger partial charge in [-0.25, -0.2) is 4.79 Å².